The van der Waals surface area contributed by atoms with E-state index in [4.69, 9.17) is 9.47 Å². The predicted octanol–water partition coefficient (Wildman–Crippen LogP) is 3.02. The highest BCUT2D eigenvalue weighted by Gasteiger charge is 2.31. The Morgan fingerprint density at radius 3 is 2.47 bits per heavy atom. The lowest BCUT2D eigenvalue weighted by atomic mass is 9.99. The molecule has 0 aromatic heterocycles. The Balaban J connectivity index is 2.36. The summed E-state index contributed by atoms with van der Waals surface area (Å²) in [7, 11) is 3.23. The standard InChI is InChI=1S/C16H14O3/c1-18-14-8-7-12-13(9-17)10-5-3-4-6-11(10)15(12)16(14)19-2/h3-9,13H,1-2H3/t13-/m1/s1. The van der Waals surface area contributed by atoms with Gasteiger partial charge in [-0.1, -0.05) is 30.3 Å². The zero-order chi connectivity index (χ0) is 13.4. The van der Waals surface area contributed by atoms with Crippen LogP contribution in [0.1, 0.15) is 17.0 Å². The second kappa shape index (κ2) is 4.43. The van der Waals surface area contributed by atoms with E-state index in [0.29, 0.717) is 11.5 Å². The maximum atomic E-state index is 11.4. The van der Waals surface area contributed by atoms with Crippen molar-refractivity contribution in [3.63, 3.8) is 0 Å². The smallest absolute Gasteiger partial charge is 0.168 e. The highest BCUT2D eigenvalue weighted by atomic mass is 16.5. The van der Waals surface area contributed by atoms with Gasteiger partial charge in [-0.3, -0.25) is 0 Å². The molecule has 1 aliphatic carbocycles. The fourth-order valence-corrected chi connectivity index (χ4v) is 2.79. The Labute approximate surface area is 111 Å². The lowest BCUT2D eigenvalue weighted by Crippen LogP contribution is -1.98. The topological polar surface area (TPSA) is 35.5 Å². The number of aldehydes is 1. The van der Waals surface area contributed by atoms with E-state index in [0.717, 1.165) is 28.5 Å². The molecule has 2 aromatic carbocycles. The van der Waals surface area contributed by atoms with Gasteiger partial charge in [0, 0.05) is 5.56 Å². The number of hydrogen-bond donors (Lipinski definition) is 0. The van der Waals surface area contributed by atoms with Gasteiger partial charge in [-0.05, 0) is 22.8 Å². The monoisotopic (exact) mass is 254 g/mol. The summed E-state index contributed by atoms with van der Waals surface area (Å²) in [5.41, 5.74) is 4.02. The first kappa shape index (κ1) is 11.8. The lowest BCUT2D eigenvalue weighted by molar-refractivity contribution is -0.108. The third kappa shape index (κ3) is 1.55. The fraction of sp³-hybridized carbons (Fsp3) is 0.188. The Bertz CT molecular complexity index is 646. The molecule has 2 aromatic rings. The first-order valence-corrected chi connectivity index (χ1v) is 6.11. The van der Waals surface area contributed by atoms with Gasteiger partial charge in [-0.25, -0.2) is 0 Å². The number of carbonyl (C=O) groups is 1. The highest BCUT2D eigenvalue weighted by molar-refractivity contribution is 5.91. The summed E-state index contributed by atoms with van der Waals surface area (Å²) in [6.07, 6.45) is 0.983. The van der Waals surface area contributed by atoms with E-state index in [1.54, 1.807) is 14.2 Å². The molecule has 0 bridgehead atoms. The SMILES string of the molecule is COc1ccc2c(c1OC)-c1ccccc1[C@H]2C=O. The zero-order valence-electron chi connectivity index (χ0n) is 10.8. The molecular formula is C16H14O3. The molecule has 1 aliphatic rings. The number of hydrogen-bond acceptors (Lipinski definition) is 3. The normalized spacial score (nSPS) is 15.6. The minimum atomic E-state index is -0.217. The third-order valence-corrected chi connectivity index (χ3v) is 3.61. The second-order valence-corrected chi connectivity index (χ2v) is 4.47. The van der Waals surface area contributed by atoms with Crippen LogP contribution in [0.15, 0.2) is 36.4 Å². The number of methoxy groups -OCH3 is 2. The molecule has 3 rings (SSSR count). The predicted molar refractivity (Wildman–Crippen MR) is 72.9 cm³/mol. The number of benzene rings is 2. The van der Waals surface area contributed by atoms with Gasteiger partial charge in [0.1, 0.15) is 6.29 Å². The van der Waals surface area contributed by atoms with Gasteiger partial charge in [0.15, 0.2) is 11.5 Å². The number of ether oxygens (including phenoxy) is 2. The zero-order valence-corrected chi connectivity index (χ0v) is 10.8. The van der Waals surface area contributed by atoms with Crippen LogP contribution in [0.4, 0.5) is 0 Å². The molecule has 3 heteroatoms. The molecule has 0 aliphatic heterocycles. The van der Waals surface area contributed by atoms with Crippen molar-refractivity contribution in [3.05, 3.63) is 47.5 Å². The van der Waals surface area contributed by atoms with E-state index < -0.39 is 0 Å². The molecule has 1 atom stereocenters. The van der Waals surface area contributed by atoms with Gasteiger partial charge in [0.2, 0.25) is 0 Å². The first-order chi connectivity index (χ1) is 9.31. The van der Waals surface area contributed by atoms with Crippen molar-refractivity contribution in [1.82, 2.24) is 0 Å². The molecule has 19 heavy (non-hydrogen) atoms. The molecule has 0 radical (unpaired) electrons. The van der Waals surface area contributed by atoms with Crippen molar-refractivity contribution in [2.45, 2.75) is 5.92 Å². The van der Waals surface area contributed by atoms with Crippen molar-refractivity contribution in [2.24, 2.45) is 0 Å². The van der Waals surface area contributed by atoms with Gasteiger partial charge in [-0.15, -0.1) is 0 Å². The Hall–Kier alpha value is -2.29. The molecule has 0 spiro atoms. The maximum Gasteiger partial charge on any atom is 0.168 e. The van der Waals surface area contributed by atoms with Crippen LogP contribution >= 0.6 is 0 Å². The number of fused-ring (bicyclic) bond motifs is 3. The van der Waals surface area contributed by atoms with Crippen LogP contribution in [0.2, 0.25) is 0 Å². The Kier molecular flexibility index (Phi) is 2.75. The average Bonchev–Trinajstić information content (AvgIpc) is 2.79. The van der Waals surface area contributed by atoms with Gasteiger partial charge < -0.3 is 14.3 Å². The van der Waals surface area contributed by atoms with Crippen molar-refractivity contribution < 1.29 is 14.3 Å². The highest BCUT2D eigenvalue weighted by Crippen LogP contribution is 2.51. The average molecular weight is 254 g/mol. The van der Waals surface area contributed by atoms with Crippen molar-refractivity contribution in [2.75, 3.05) is 14.2 Å². The first-order valence-electron chi connectivity index (χ1n) is 6.11. The molecule has 0 fully saturated rings. The summed E-state index contributed by atoms with van der Waals surface area (Å²) in [6.45, 7) is 0. The third-order valence-electron chi connectivity index (χ3n) is 3.61. The van der Waals surface area contributed by atoms with E-state index in [2.05, 4.69) is 0 Å². The lowest BCUT2D eigenvalue weighted by Gasteiger charge is -2.13. The molecule has 3 nitrogen and oxygen atoms in total. The summed E-state index contributed by atoms with van der Waals surface area (Å²) in [6, 6.07) is 11.7. The maximum absolute atomic E-state index is 11.4. The van der Waals surface area contributed by atoms with E-state index in [1.807, 2.05) is 36.4 Å². The van der Waals surface area contributed by atoms with Gasteiger partial charge >= 0.3 is 0 Å². The van der Waals surface area contributed by atoms with Crippen LogP contribution in [-0.2, 0) is 4.79 Å². The van der Waals surface area contributed by atoms with Gasteiger partial charge in [0.25, 0.3) is 0 Å². The molecular weight excluding hydrogens is 240 g/mol. The molecule has 0 N–H and O–H groups in total. The van der Waals surface area contributed by atoms with Gasteiger partial charge in [-0.2, -0.15) is 0 Å². The minimum Gasteiger partial charge on any atom is -0.493 e. The quantitative estimate of drug-likeness (QED) is 0.790. The van der Waals surface area contributed by atoms with Crippen LogP contribution in [0.25, 0.3) is 11.1 Å². The molecule has 0 unspecified atom stereocenters. The van der Waals surface area contributed by atoms with E-state index >= 15 is 0 Å². The Morgan fingerprint density at radius 2 is 1.79 bits per heavy atom. The fourth-order valence-electron chi connectivity index (χ4n) is 2.79. The van der Waals surface area contributed by atoms with Gasteiger partial charge in [0.05, 0.1) is 20.1 Å². The summed E-state index contributed by atoms with van der Waals surface area (Å²) in [5.74, 6) is 1.16. The van der Waals surface area contributed by atoms with E-state index in [-0.39, 0.29) is 5.92 Å². The molecule has 0 amide bonds. The Morgan fingerprint density at radius 1 is 1.00 bits per heavy atom. The molecule has 0 heterocycles. The minimum absolute atomic E-state index is 0.217. The number of rotatable bonds is 3. The van der Waals surface area contributed by atoms with Crippen LogP contribution in [0.5, 0.6) is 11.5 Å². The van der Waals surface area contributed by atoms with Crippen molar-refractivity contribution in [1.29, 1.82) is 0 Å². The molecule has 0 saturated heterocycles. The van der Waals surface area contributed by atoms with Crippen LogP contribution in [-0.4, -0.2) is 20.5 Å². The summed E-state index contributed by atoms with van der Waals surface area (Å²) >= 11 is 0. The van der Waals surface area contributed by atoms with E-state index in [1.165, 1.54) is 0 Å². The summed E-state index contributed by atoms with van der Waals surface area (Å²) in [4.78, 5) is 11.4. The molecule has 0 saturated carbocycles. The summed E-state index contributed by atoms with van der Waals surface area (Å²) in [5, 5.41) is 0. The van der Waals surface area contributed by atoms with Crippen molar-refractivity contribution >= 4 is 6.29 Å². The largest absolute Gasteiger partial charge is 0.493 e. The molecule has 96 valence electrons. The van der Waals surface area contributed by atoms with Crippen molar-refractivity contribution in [3.8, 4) is 22.6 Å². The number of carbonyl (C=O) groups excluding carboxylic acids is 1. The van der Waals surface area contributed by atoms with Crippen LogP contribution < -0.4 is 9.47 Å². The second-order valence-electron chi connectivity index (χ2n) is 4.47. The summed E-state index contributed by atoms with van der Waals surface area (Å²) < 4.78 is 10.8. The van der Waals surface area contributed by atoms with Crippen LogP contribution in [0.3, 0.4) is 0 Å². The van der Waals surface area contributed by atoms with Crippen LogP contribution in [0, 0.1) is 0 Å². The van der Waals surface area contributed by atoms with E-state index in [9.17, 15) is 4.79 Å².